The first-order chi connectivity index (χ1) is 7.76. The van der Waals surface area contributed by atoms with Crippen LogP contribution < -0.4 is 10.5 Å². The quantitative estimate of drug-likeness (QED) is 0.779. The van der Waals surface area contributed by atoms with Crippen molar-refractivity contribution in [2.45, 2.75) is 13.0 Å². The van der Waals surface area contributed by atoms with E-state index < -0.39 is 0 Å². The number of methoxy groups -OCH3 is 1. The number of benzene rings is 1. The van der Waals surface area contributed by atoms with Gasteiger partial charge in [0, 0.05) is 12.7 Å². The third kappa shape index (κ3) is 4.35. The third-order valence-corrected chi connectivity index (χ3v) is 1.93. The second kappa shape index (κ2) is 6.89. The lowest BCUT2D eigenvalue weighted by Crippen LogP contribution is -2.17. The van der Waals surface area contributed by atoms with Gasteiger partial charge >= 0.3 is 0 Å². The fourth-order valence-corrected chi connectivity index (χ4v) is 1.27. The molecule has 1 rings (SSSR count). The number of nitrogens with two attached hydrogens (primary N) is 1. The highest BCUT2D eigenvalue weighted by Gasteiger charge is 2.02. The predicted octanol–water partition coefficient (Wildman–Crippen LogP) is 1.41. The predicted molar refractivity (Wildman–Crippen MR) is 64.3 cm³/mol. The first-order valence-electron chi connectivity index (χ1n) is 5.21. The van der Waals surface area contributed by atoms with Crippen LogP contribution >= 0.6 is 0 Å². The normalized spacial score (nSPS) is 11.4. The van der Waals surface area contributed by atoms with Crippen LogP contribution in [0.25, 0.3) is 0 Å². The van der Waals surface area contributed by atoms with Crippen LogP contribution in [0, 0.1) is 11.8 Å². The molecule has 0 saturated carbocycles. The Morgan fingerprint density at radius 1 is 1.31 bits per heavy atom. The van der Waals surface area contributed by atoms with Crippen LogP contribution in [0.4, 0.5) is 0 Å². The molecule has 3 heteroatoms. The molecule has 1 aromatic rings. The topological polar surface area (TPSA) is 44.5 Å². The van der Waals surface area contributed by atoms with E-state index in [2.05, 4.69) is 11.8 Å². The highest BCUT2D eigenvalue weighted by molar-refractivity contribution is 5.38. The van der Waals surface area contributed by atoms with Crippen molar-refractivity contribution in [1.29, 1.82) is 0 Å². The number of hydrogen-bond donors (Lipinski definition) is 1. The molecule has 0 aliphatic rings. The molecule has 86 valence electrons. The lowest BCUT2D eigenvalue weighted by atomic mass is 10.2. The molecule has 0 aliphatic carbocycles. The summed E-state index contributed by atoms with van der Waals surface area (Å²) in [5, 5.41) is 0. The average molecular weight is 219 g/mol. The minimum absolute atomic E-state index is 0.0472. The van der Waals surface area contributed by atoms with Crippen molar-refractivity contribution >= 4 is 0 Å². The maximum Gasteiger partial charge on any atom is 0.119 e. The maximum absolute atomic E-state index is 5.62. The Morgan fingerprint density at radius 2 is 2.00 bits per heavy atom. The molecule has 0 aliphatic heterocycles. The summed E-state index contributed by atoms with van der Waals surface area (Å²) in [5.74, 6) is 6.58. The van der Waals surface area contributed by atoms with E-state index in [0.717, 1.165) is 11.3 Å². The van der Waals surface area contributed by atoms with E-state index >= 15 is 0 Å². The summed E-state index contributed by atoms with van der Waals surface area (Å²) >= 11 is 0. The number of rotatable bonds is 4. The Hall–Kier alpha value is -1.50. The molecule has 1 aromatic carbocycles. The molecule has 1 atom stereocenters. The molecule has 3 nitrogen and oxygen atoms in total. The standard InChI is InChI=1S/C13H17NO2/c1-11(10-15-2)16-13-7-5-12(6-8-13)4-3-9-14/h5-8,11H,9-10,14H2,1-2H3. The van der Waals surface area contributed by atoms with E-state index in [0.29, 0.717) is 13.2 Å². The SMILES string of the molecule is COCC(C)Oc1ccc(C#CCN)cc1. The van der Waals surface area contributed by atoms with Gasteiger partial charge in [0.05, 0.1) is 13.2 Å². The van der Waals surface area contributed by atoms with Crippen LogP contribution in [-0.4, -0.2) is 26.4 Å². The molecule has 0 amide bonds. The molecule has 0 radical (unpaired) electrons. The Balaban J connectivity index is 2.57. The van der Waals surface area contributed by atoms with Gasteiger partial charge in [0.1, 0.15) is 11.9 Å². The van der Waals surface area contributed by atoms with Crippen LogP contribution in [0.2, 0.25) is 0 Å². The van der Waals surface area contributed by atoms with Gasteiger partial charge in [0.2, 0.25) is 0 Å². The minimum Gasteiger partial charge on any atom is -0.488 e. The van der Waals surface area contributed by atoms with E-state index in [4.69, 9.17) is 15.2 Å². The highest BCUT2D eigenvalue weighted by atomic mass is 16.5. The Bertz CT molecular complexity index is 362. The number of ether oxygens (including phenoxy) is 2. The van der Waals surface area contributed by atoms with Gasteiger partial charge in [-0.25, -0.2) is 0 Å². The minimum atomic E-state index is 0.0472. The largest absolute Gasteiger partial charge is 0.488 e. The molecule has 2 N–H and O–H groups in total. The van der Waals surface area contributed by atoms with Gasteiger partial charge in [-0.2, -0.15) is 0 Å². The van der Waals surface area contributed by atoms with Crippen molar-refractivity contribution in [1.82, 2.24) is 0 Å². The molecule has 16 heavy (non-hydrogen) atoms. The van der Waals surface area contributed by atoms with E-state index in [9.17, 15) is 0 Å². The fraction of sp³-hybridized carbons (Fsp3) is 0.385. The van der Waals surface area contributed by atoms with E-state index in [-0.39, 0.29) is 6.10 Å². The molecule has 0 bridgehead atoms. The van der Waals surface area contributed by atoms with Crippen molar-refractivity contribution in [3.63, 3.8) is 0 Å². The lowest BCUT2D eigenvalue weighted by molar-refractivity contribution is 0.0921. The Labute approximate surface area is 96.6 Å². The first kappa shape index (κ1) is 12.6. The molecule has 0 fully saturated rings. The highest BCUT2D eigenvalue weighted by Crippen LogP contribution is 2.13. The summed E-state index contributed by atoms with van der Waals surface area (Å²) < 4.78 is 10.6. The molecule has 0 spiro atoms. The second-order valence-corrected chi connectivity index (χ2v) is 3.41. The summed E-state index contributed by atoms with van der Waals surface area (Å²) in [5.41, 5.74) is 6.24. The van der Waals surface area contributed by atoms with Crippen molar-refractivity contribution in [3.05, 3.63) is 29.8 Å². The van der Waals surface area contributed by atoms with Gasteiger partial charge < -0.3 is 15.2 Å². The average Bonchev–Trinajstić information content (AvgIpc) is 2.28. The Kier molecular flexibility index (Phi) is 5.41. The molecule has 0 saturated heterocycles. The van der Waals surface area contributed by atoms with Gasteiger partial charge in [0.25, 0.3) is 0 Å². The summed E-state index contributed by atoms with van der Waals surface area (Å²) in [6.45, 7) is 2.92. The Morgan fingerprint density at radius 3 is 2.56 bits per heavy atom. The lowest BCUT2D eigenvalue weighted by Gasteiger charge is -2.13. The summed E-state index contributed by atoms with van der Waals surface area (Å²) in [6, 6.07) is 7.62. The zero-order chi connectivity index (χ0) is 11.8. The fourth-order valence-electron chi connectivity index (χ4n) is 1.27. The zero-order valence-electron chi connectivity index (χ0n) is 9.69. The van der Waals surface area contributed by atoms with Crippen LogP contribution in [0.1, 0.15) is 12.5 Å². The second-order valence-electron chi connectivity index (χ2n) is 3.41. The molecule has 0 aromatic heterocycles. The van der Waals surface area contributed by atoms with E-state index in [1.807, 2.05) is 31.2 Å². The van der Waals surface area contributed by atoms with Gasteiger partial charge in [0.15, 0.2) is 0 Å². The summed E-state index contributed by atoms with van der Waals surface area (Å²) in [7, 11) is 1.66. The van der Waals surface area contributed by atoms with Crippen molar-refractivity contribution in [2.24, 2.45) is 5.73 Å². The first-order valence-corrected chi connectivity index (χ1v) is 5.21. The summed E-state index contributed by atoms with van der Waals surface area (Å²) in [6.07, 6.45) is 0.0472. The molecular formula is C13H17NO2. The van der Waals surface area contributed by atoms with Gasteiger partial charge in [-0.05, 0) is 31.2 Å². The van der Waals surface area contributed by atoms with Crippen molar-refractivity contribution < 1.29 is 9.47 Å². The smallest absolute Gasteiger partial charge is 0.119 e. The molecule has 0 heterocycles. The summed E-state index contributed by atoms with van der Waals surface area (Å²) in [4.78, 5) is 0. The van der Waals surface area contributed by atoms with Gasteiger partial charge in [-0.3, -0.25) is 0 Å². The van der Waals surface area contributed by atoms with Crippen LogP contribution in [0.15, 0.2) is 24.3 Å². The molecule has 1 unspecified atom stereocenters. The van der Waals surface area contributed by atoms with Gasteiger partial charge in [-0.1, -0.05) is 11.8 Å². The molecular weight excluding hydrogens is 202 g/mol. The third-order valence-electron chi connectivity index (χ3n) is 1.93. The van der Waals surface area contributed by atoms with E-state index in [1.54, 1.807) is 7.11 Å². The number of hydrogen-bond acceptors (Lipinski definition) is 3. The van der Waals surface area contributed by atoms with Crippen LogP contribution in [-0.2, 0) is 4.74 Å². The monoisotopic (exact) mass is 219 g/mol. The van der Waals surface area contributed by atoms with Crippen LogP contribution in [0.5, 0.6) is 5.75 Å². The van der Waals surface area contributed by atoms with Crippen LogP contribution in [0.3, 0.4) is 0 Å². The maximum atomic E-state index is 5.62. The van der Waals surface area contributed by atoms with E-state index in [1.165, 1.54) is 0 Å². The zero-order valence-corrected chi connectivity index (χ0v) is 9.69. The van der Waals surface area contributed by atoms with Crippen molar-refractivity contribution in [3.8, 4) is 17.6 Å². The van der Waals surface area contributed by atoms with Gasteiger partial charge in [-0.15, -0.1) is 0 Å². The van der Waals surface area contributed by atoms with Crippen molar-refractivity contribution in [2.75, 3.05) is 20.3 Å².